The maximum absolute atomic E-state index is 12.9. The van der Waals surface area contributed by atoms with Crippen molar-refractivity contribution in [3.05, 3.63) is 41.7 Å². The number of hydrogen-bond donors (Lipinski definition) is 1. The predicted octanol–water partition coefficient (Wildman–Crippen LogP) is 2.09. The maximum atomic E-state index is 12.9. The summed E-state index contributed by atoms with van der Waals surface area (Å²) in [5.41, 5.74) is 1.87. The molecule has 0 radical (unpaired) electrons. The van der Waals surface area contributed by atoms with Crippen molar-refractivity contribution < 1.29 is 13.2 Å². The quantitative estimate of drug-likeness (QED) is 0.885. The number of para-hydroxylation sites is 1. The number of aromatic amines is 1. The van der Waals surface area contributed by atoms with Crippen molar-refractivity contribution in [2.24, 2.45) is 5.92 Å². The van der Waals surface area contributed by atoms with E-state index < -0.39 is 10.0 Å². The van der Waals surface area contributed by atoms with E-state index in [9.17, 15) is 13.2 Å². The van der Waals surface area contributed by atoms with Crippen LogP contribution in [0.1, 0.15) is 24.2 Å². The highest BCUT2D eigenvalue weighted by Crippen LogP contribution is 2.28. The summed E-state index contributed by atoms with van der Waals surface area (Å²) < 4.78 is 27.2. The van der Waals surface area contributed by atoms with Gasteiger partial charge in [0.25, 0.3) is 0 Å². The van der Waals surface area contributed by atoms with E-state index in [-0.39, 0.29) is 16.7 Å². The summed E-state index contributed by atoms with van der Waals surface area (Å²) in [5, 5.41) is 6.71. The van der Waals surface area contributed by atoms with Crippen molar-refractivity contribution in [3.8, 4) is 0 Å². The highest BCUT2D eigenvalue weighted by molar-refractivity contribution is 7.89. The summed E-state index contributed by atoms with van der Waals surface area (Å²) >= 11 is 0. The van der Waals surface area contributed by atoms with Gasteiger partial charge in [0, 0.05) is 31.7 Å². The molecule has 1 aromatic heterocycles. The number of carbonyl (C=O) groups excluding carboxylic acids is 1. The number of H-pyrrole nitrogens is 1. The largest absolute Gasteiger partial charge is 0.315 e. The van der Waals surface area contributed by atoms with Gasteiger partial charge in [-0.15, -0.1) is 0 Å². The number of amides is 1. The molecule has 1 fully saturated rings. The minimum absolute atomic E-state index is 0.0314. The molecule has 7 nitrogen and oxygen atoms in total. The number of carbonyl (C=O) groups is 1. The van der Waals surface area contributed by atoms with Gasteiger partial charge in [-0.2, -0.15) is 9.40 Å². The Morgan fingerprint density at radius 2 is 1.81 bits per heavy atom. The Labute approximate surface area is 154 Å². The molecule has 1 amide bonds. The van der Waals surface area contributed by atoms with Gasteiger partial charge in [-0.25, -0.2) is 8.42 Å². The van der Waals surface area contributed by atoms with E-state index >= 15 is 0 Å². The SMILES string of the molecule is Cc1n[nH]c(C)c1S(=O)(=O)N1CCC(C(=O)N(C)c2ccccc2)CC1. The lowest BCUT2D eigenvalue weighted by Crippen LogP contribution is -2.43. The smallest absolute Gasteiger partial charge is 0.246 e. The fraction of sp³-hybridized carbons (Fsp3) is 0.444. The van der Waals surface area contributed by atoms with E-state index in [0.717, 1.165) is 5.69 Å². The van der Waals surface area contributed by atoms with Gasteiger partial charge in [0.2, 0.25) is 15.9 Å². The van der Waals surface area contributed by atoms with E-state index in [1.54, 1.807) is 25.8 Å². The molecule has 26 heavy (non-hydrogen) atoms. The van der Waals surface area contributed by atoms with Crippen LogP contribution in [-0.4, -0.2) is 49.0 Å². The first-order chi connectivity index (χ1) is 12.3. The van der Waals surface area contributed by atoms with Gasteiger partial charge in [0.15, 0.2) is 0 Å². The van der Waals surface area contributed by atoms with Crippen molar-refractivity contribution in [1.82, 2.24) is 14.5 Å². The van der Waals surface area contributed by atoms with Crippen LogP contribution in [0.15, 0.2) is 35.2 Å². The summed E-state index contributed by atoms with van der Waals surface area (Å²) in [4.78, 5) is 14.6. The normalized spacial score (nSPS) is 16.6. The van der Waals surface area contributed by atoms with E-state index in [1.165, 1.54) is 4.31 Å². The second kappa shape index (κ2) is 7.20. The molecular formula is C18H24N4O3S. The van der Waals surface area contributed by atoms with E-state index in [0.29, 0.717) is 37.3 Å². The molecule has 0 bridgehead atoms. The van der Waals surface area contributed by atoms with E-state index in [4.69, 9.17) is 0 Å². The third-order valence-corrected chi connectivity index (χ3v) is 7.10. The number of rotatable bonds is 4. The lowest BCUT2D eigenvalue weighted by Gasteiger charge is -2.32. The highest BCUT2D eigenvalue weighted by atomic mass is 32.2. The molecule has 1 aliphatic rings. The van der Waals surface area contributed by atoms with Crippen LogP contribution in [0.4, 0.5) is 5.69 Å². The van der Waals surface area contributed by atoms with Crippen molar-refractivity contribution in [2.75, 3.05) is 25.0 Å². The molecule has 1 aliphatic heterocycles. The molecule has 3 rings (SSSR count). The Kier molecular flexibility index (Phi) is 5.15. The number of nitrogens with one attached hydrogen (secondary N) is 1. The lowest BCUT2D eigenvalue weighted by molar-refractivity contribution is -0.123. The molecule has 0 atom stereocenters. The molecule has 1 aromatic carbocycles. The number of hydrogen-bond acceptors (Lipinski definition) is 4. The van der Waals surface area contributed by atoms with Crippen molar-refractivity contribution in [2.45, 2.75) is 31.6 Å². The van der Waals surface area contributed by atoms with Crippen LogP contribution in [0.2, 0.25) is 0 Å². The average molecular weight is 376 g/mol. The first-order valence-corrected chi connectivity index (χ1v) is 10.1. The second-order valence-electron chi connectivity index (χ2n) is 6.67. The molecule has 1 N–H and O–H groups in total. The summed E-state index contributed by atoms with van der Waals surface area (Å²) in [6.45, 7) is 4.07. The van der Waals surface area contributed by atoms with Crippen LogP contribution >= 0.6 is 0 Å². The number of sulfonamides is 1. The van der Waals surface area contributed by atoms with Gasteiger partial charge in [-0.3, -0.25) is 9.89 Å². The fourth-order valence-electron chi connectivity index (χ4n) is 3.45. The molecular weight excluding hydrogens is 352 g/mol. The molecule has 1 saturated heterocycles. The minimum Gasteiger partial charge on any atom is -0.315 e. The summed E-state index contributed by atoms with van der Waals surface area (Å²) in [5.74, 6) is -0.137. The van der Waals surface area contributed by atoms with Crippen molar-refractivity contribution in [3.63, 3.8) is 0 Å². The van der Waals surface area contributed by atoms with Gasteiger partial charge in [-0.05, 0) is 38.8 Å². The first-order valence-electron chi connectivity index (χ1n) is 8.66. The number of benzene rings is 1. The van der Waals surface area contributed by atoms with Crippen molar-refractivity contribution >= 4 is 21.6 Å². The average Bonchev–Trinajstić information content (AvgIpc) is 3.00. The third-order valence-electron chi connectivity index (χ3n) is 4.94. The second-order valence-corrected chi connectivity index (χ2v) is 8.55. The first kappa shape index (κ1) is 18.6. The molecule has 0 saturated carbocycles. The number of piperidine rings is 1. The number of nitrogens with zero attached hydrogens (tertiary/aromatic N) is 3. The zero-order valence-corrected chi connectivity index (χ0v) is 16.1. The zero-order valence-electron chi connectivity index (χ0n) is 15.3. The standard InChI is InChI=1S/C18H24N4O3S/c1-13-17(14(2)20-19-13)26(24,25)22-11-9-15(10-12-22)18(23)21(3)16-7-5-4-6-8-16/h4-8,15H,9-12H2,1-3H3,(H,19,20). The third kappa shape index (κ3) is 3.39. The van der Waals surface area contributed by atoms with Gasteiger partial charge >= 0.3 is 0 Å². The molecule has 2 aromatic rings. The van der Waals surface area contributed by atoms with Gasteiger partial charge in [0.05, 0.1) is 11.4 Å². The van der Waals surface area contributed by atoms with Crippen LogP contribution in [0, 0.1) is 19.8 Å². The Bertz CT molecular complexity index is 865. The molecule has 0 aliphatic carbocycles. The summed E-state index contributed by atoms with van der Waals surface area (Å²) in [7, 11) is -1.82. The fourth-order valence-corrected chi connectivity index (χ4v) is 5.25. The summed E-state index contributed by atoms with van der Waals surface area (Å²) in [6, 6.07) is 9.47. The Morgan fingerprint density at radius 3 is 2.35 bits per heavy atom. The maximum Gasteiger partial charge on any atom is 0.246 e. The van der Waals surface area contributed by atoms with Gasteiger partial charge in [-0.1, -0.05) is 18.2 Å². The topological polar surface area (TPSA) is 86.4 Å². The van der Waals surface area contributed by atoms with Gasteiger partial charge in [0.1, 0.15) is 4.90 Å². The number of anilines is 1. The van der Waals surface area contributed by atoms with Crippen LogP contribution in [-0.2, 0) is 14.8 Å². The van der Waals surface area contributed by atoms with E-state index in [2.05, 4.69) is 10.2 Å². The van der Waals surface area contributed by atoms with Crippen LogP contribution < -0.4 is 4.90 Å². The number of aromatic nitrogens is 2. The molecule has 140 valence electrons. The molecule has 0 spiro atoms. The zero-order chi connectivity index (χ0) is 18.9. The minimum atomic E-state index is -3.59. The van der Waals surface area contributed by atoms with E-state index in [1.807, 2.05) is 30.3 Å². The Balaban J connectivity index is 1.68. The Morgan fingerprint density at radius 1 is 1.19 bits per heavy atom. The monoisotopic (exact) mass is 376 g/mol. The Hall–Kier alpha value is -2.19. The van der Waals surface area contributed by atoms with Crippen LogP contribution in [0.25, 0.3) is 0 Å². The van der Waals surface area contributed by atoms with Crippen LogP contribution in [0.5, 0.6) is 0 Å². The molecule has 2 heterocycles. The van der Waals surface area contributed by atoms with Crippen molar-refractivity contribution in [1.29, 1.82) is 0 Å². The van der Waals surface area contributed by atoms with Gasteiger partial charge < -0.3 is 4.90 Å². The predicted molar refractivity (Wildman–Crippen MR) is 99.4 cm³/mol. The molecule has 0 unspecified atom stereocenters. The highest BCUT2D eigenvalue weighted by Gasteiger charge is 2.35. The lowest BCUT2D eigenvalue weighted by atomic mass is 9.96. The summed E-state index contributed by atoms with van der Waals surface area (Å²) in [6.07, 6.45) is 1.04. The number of aryl methyl sites for hydroxylation is 2. The molecule has 8 heteroatoms. The van der Waals surface area contributed by atoms with Crippen LogP contribution in [0.3, 0.4) is 0 Å².